The molecule has 3 atom stereocenters. The van der Waals surface area contributed by atoms with Crippen molar-refractivity contribution in [3.05, 3.63) is 47.8 Å². The number of benzene rings is 1. The SMILES string of the molecule is CCOC(=O)N1CCN(C(=O)[C@H](CCC(=O)OC(C)(C)C)NC(=O)c2cc(C3CC3CO)nc(-c3ccccc3)n2)CC1. The van der Waals surface area contributed by atoms with Gasteiger partial charge in [0.2, 0.25) is 5.91 Å². The van der Waals surface area contributed by atoms with Gasteiger partial charge >= 0.3 is 12.1 Å². The molecule has 1 aliphatic heterocycles. The molecule has 2 fully saturated rings. The highest BCUT2D eigenvalue weighted by Crippen LogP contribution is 2.46. The molecule has 232 valence electrons. The first kappa shape index (κ1) is 31.9. The normalized spacial score (nSPS) is 18.9. The molecule has 12 heteroatoms. The van der Waals surface area contributed by atoms with Crippen LogP contribution in [-0.2, 0) is 19.1 Å². The van der Waals surface area contributed by atoms with E-state index >= 15 is 0 Å². The molecule has 4 rings (SSSR count). The number of nitrogens with one attached hydrogen (secondary N) is 1. The molecule has 2 aromatic rings. The highest BCUT2D eigenvalue weighted by Gasteiger charge is 2.40. The summed E-state index contributed by atoms with van der Waals surface area (Å²) in [6, 6.07) is 9.85. The number of ether oxygens (including phenoxy) is 2. The lowest BCUT2D eigenvalue weighted by Crippen LogP contribution is -2.56. The van der Waals surface area contributed by atoms with E-state index in [2.05, 4.69) is 15.3 Å². The van der Waals surface area contributed by atoms with Gasteiger partial charge in [0, 0.05) is 56.4 Å². The van der Waals surface area contributed by atoms with Crippen molar-refractivity contribution < 1.29 is 33.8 Å². The van der Waals surface area contributed by atoms with E-state index < -0.39 is 29.6 Å². The zero-order valence-electron chi connectivity index (χ0n) is 25.2. The van der Waals surface area contributed by atoms with E-state index in [1.165, 1.54) is 4.90 Å². The molecule has 2 aliphatic rings. The van der Waals surface area contributed by atoms with Crippen LogP contribution in [0.2, 0.25) is 0 Å². The van der Waals surface area contributed by atoms with Crippen LogP contribution in [0.1, 0.15) is 69.1 Å². The first-order valence-electron chi connectivity index (χ1n) is 14.8. The first-order valence-corrected chi connectivity index (χ1v) is 14.8. The van der Waals surface area contributed by atoms with Gasteiger partial charge in [0.1, 0.15) is 17.3 Å². The van der Waals surface area contributed by atoms with Gasteiger partial charge in [-0.1, -0.05) is 30.3 Å². The van der Waals surface area contributed by atoms with Crippen LogP contribution < -0.4 is 5.32 Å². The predicted octanol–water partition coefficient (Wildman–Crippen LogP) is 2.76. The second kappa shape index (κ2) is 13.9. The fourth-order valence-electron chi connectivity index (χ4n) is 4.99. The van der Waals surface area contributed by atoms with Gasteiger partial charge in [-0.2, -0.15) is 0 Å². The van der Waals surface area contributed by atoms with Crippen molar-refractivity contribution in [2.45, 2.75) is 64.5 Å². The lowest BCUT2D eigenvalue weighted by Gasteiger charge is -2.36. The Morgan fingerprint density at radius 2 is 1.72 bits per heavy atom. The number of rotatable bonds is 10. The molecule has 0 spiro atoms. The molecule has 1 saturated heterocycles. The molecule has 1 saturated carbocycles. The van der Waals surface area contributed by atoms with Gasteiger partial charge < -0.3 is 29.7 Å². The topological polar surface area (TPSA) is 151 Å². The number of hydrogen-bond acceptors (Lipinski definition) is 9. The van der Waals surface area contributed by atoms with Gasteiger partial charge in [0.05, 0.1) is 6.61 Å². The lowest BCUT2D eigenvalue weighted by atomic mass is 10.1. The van der Waals surface area contributed by atoms with Gasteiger partial charge in [-0.05, 0) is 52.5 Å². The monoisotopic (exact) mass is 595 g/mol. The zero-order valence-corrected chi connectivity index (χ0v) is 25.2. The van der Waals surface area contributed by atoms with Gasteiger partial charge in [-0.25, -0.2) is 14.8 Å². The summed E-state index contributed by atoms with van der Waals surface area (Å²) in [4.78, 5) is 64.3. The fourth-order valence-corrected chi connectivity index (χ4v) is 4.99. The summed E-state index contributed by atoms with van der Waals surface area (Å²) in [5, 5.41) is 12.4. The minimum atomic E-state index is -1.03. The number of piperazine rings is 1. The van der Waals surface area contributed by atoms with Crippen LogP contribution in [0.5, 0.6) is 0 Å². The van der Waals surface area contributed by atoms with E-state index in [4.69, 9.17) is 9.47 Å². The summed E-state index contributed by atoms with van der Waals surface area (Å²) >= 11 is 0. The van der Waals surface area contributed by atoms with Crippen molar-refractivity contribution in [3.8, 4) is 11.4 Å². The maximum Gasteiger partial charge on any atom is 0.409 e. The van der Waals surface area contributed by atoms with E-state index in [0.717, 1.165) is 12.0 Å². The number of hydrogen-bond donors (Lipinski definition) is 2. The molecule has 1 aliphatic carbocycles. The highest BCUT2D eigenvalue weighted by molar-refractivity contribution is 5.96. The number of esters is 1. The Kier molecular flexibility index (Phi) is 10.3. The van der Waals surface area contributed by atoms with Crippen LogP contribution in [-0.4, -0.2) is 99.8 Å². The van der Waals surface area contributed by atoms with Crippen LogP contribution in [0.3, 0.4) is 0 Å². The average molecular weight is 596 g/mol. The summed E-state index contributed by atoms with van der Waals surface area (Å²) in [6.45, 7) is 8.41. The number of carbonyl (C=O) groups is 4. The standard InChI is InChI=1S/C31H41N5O7/c1-5-42-30(41)36-15-13-35(14-16-36)29(40)23(11-12-26(38)43-31(2,3)4)34-28(39)25-18-24(22-17-21(22)19-37)32-27(33-25)20-9-7-6-8-10-20/h6-10,18,21-23,37H,5,11-17,19H2,1-4H3,(H,34,39)/t21?,22?,23-/m0/s1. The minimum absolute atomic E-state index is 0.0160. The summed E-state index contributed by atoms with van der Waals surface area (Å²) in [5.41, 5.74) is 0.792. The molecule has 0 radical (unpaired) electrons. The molecule has 1 aromatic heterocycles. The second-order valence-electron chi connectivity index (χ2n) is 11.8. The first-order chi connectivity index (χ1) is 20.5. The molecule has 12 nitrogen and oxygen atoms in total. The van der Waals surface area contributed by atoms with Crippen molar-refractivity contribution in [3.63, 3.8) is 0 Å². The van der Waals surface area contributed by atoms with Crippen molar-refractivity contribution in [2.24, 2.45) is 5.92 Å². The van der Waals surface area contributed by atoms with Crippen molar-refractivity contribution in [2.75, 3.05) is 39.4 Å². The summed E-state index contributed by atoms with van der Waals surface area (Å²) in [6.07, 6.45) is 0.270. The van der Waals surface area contributed by atoms with E-state index in [-0.39, 0.29) is 62.6 Å². The predicted molar refractivity (Wildman–Crippen MR) is 157 cm³/mol. The third-order valence-electron chi connectivity index (χ3n) is 7.33. The number of amides is 3. The molecule has 2 N–H and O–H groups in total. The molecule has 2 heterocycles. The van der Waals surface area contributed by atoms with Crippen molar-refractivity contribution in [1.29, 1.82) is 0 Å². The maximum atomic E-state index is 13.7. The Labute approximate surface area is 251 Å². The van der Waals surface area contributed by atoms with Crippen LogP contribution >= 0.6 is 0 Å². The fraction of sp³-hybridized carbons (Fsp3) is 0.548. The third kappa shape index (κ3) is 8.73. The Morgan fingerprint density at radius 1 is 1.05 bits per heavy atom. The molecule has 2 unspecified atom stereocenters. The smallest absolute Gasteiger partial charge is 0.409 e. The Morgan fingerprint density at radius 3 is 2.33 bits per heavy atom. The Hall–Kier alpha value is -4.06. The number of aliphatic hydroxyl groups excluding tert-OH is 1. The Balaban J connectivity index is 1.54. The molecule has 1 aromatic carbocycles. The minimum Gasteiger partial charge on any atom is -0.460 e. The summed E-state index contributed by atoms with van der Waals surface area (Å²) < 4.78 is 10.5. The van der Waals surface area contributed by atoms with Crippen molar-refractivity contribution in [1.82, 2.24) is 25.1 Å². The highest BCUT2D eigenvalue weighted by atomic mass is 16.6. The van der Waals surface area contributed by atoms with E-state index in [1.54, 1.807) is 38.7 Å². The van der Waals surface area contributed by atoms with Gasteiger partial charge in [-0.15, -0.1) is 0 Å². The molecular weight excluding hydrogens is 554 g/mol. The van der Waals surface area contributed by atoms with Crippen LogP contribution in [0.15, 0.2) is 36.4 Å². The second-order valence-corrected chi connectivity index (χ2v) is 11.8. The maximum absolute atomic E-state index is 13.7. The summed E-state index contributed by atoms with van der Waals surface area (Å²) in [5.74, 6) is -0.951. The number of aliphatic hydroxyl groups is 1. The van der Waals surface area contributed by atoms with Crippen LogP contribution in [0.4, 0.5) is 4.79 Å². The molecular formula is C31H41N5O7. The van der Waals surface area contributed by atoms with Crippen molar-refractivity contribution >= 4 is 23.9 Å². The number of carbonyl (C=O) groups excluding carboxylic acids is 4. The van der Waals surface area contributed by atoms with Crippen LogP contribution in [0.25, 0.3) is 11.4 Å². The average Bonchev–Trinajstić information content (AvgIpc) is 3.79. The van der Waals surface area contributed by atoms with Gasteiger partial charge in [-0.3, -0.25) is 14.4 Å². The molecule has 3 amide bonds. The van der Waals surface area contributed by atoms with Gasteiger partial charge in [0.25, 0.3) is 5.91 Å². The largest absolute Gasteiger partial charge is 0.460 e. The van der Waals surface area contributed by atoms with E-state index in [0.29, 0.717) is 24.6 Å². The lowest BCUT2D eigenvalue weighted by molar-refractivity contribution is -0.155. The number of nitrogens with zero attached hydrogens (tertiary/aromatic N) is 4. The molecule has 43 heavy (non-hydrogen) atoms. The van der Waals surface area contributed by atoms with E-state index in [9.17, 15) is 24.3 Å². The molecule has 0 bridgehead atoms. The number of aromatic nitrogens is 2. The van der Waals surface area contributed by atoms with E-state index in [1.807, 2.05) is 30.3 Å². The Bertz CT molecular complexity index is 1310. The quantitative estimate of drug-likeness (QED) is 0.395. The van der Waals surface area contributed by atoms with Crippen LogP contribution in [0, 0.1) is 5.92 Å². The summed E-state index contributed by atoms with van der Waals surface area (Å²) in [7, 11) is 0. The zero-order chi connectivity index (χ0) is 31.1. The van der Waals surface area contributed by atoms with Gasteiger partial charge in [0.15, 0.2) is 5.82 Å². The third-order valence-corrected chi connectivity index (χ3v) is 7.33.